The molecule has 0 radical (unpaired) electrons. The van der Waals surface area contributed by atoms with Gasteiger partial charge in [-0.1, -0.05) is 47.5 Å². The Kier molecular flexibility index (Phi) is 9.25. The summed E-state index contributed by atoms with van der Waals surface area (Å²) in [6.07, 6.45) is 0.962. The standard InChI is InChI=1S/C22H25Cl2FN2O3S2/c23-19-6-5-16(13-20(19)24)15-32(29,30)27-10-7-17(8-11-27)22(28)26-9-12-31-14-18-3-1-2-4-21(18)25/h1-6,13,17H,7-12,14-15H2,(H,26,28). The van der Waals surface area contributed by atoms with Crippen LogP contribution in [0.2, 0.25) is 10.0 Å². The number of nitrogens with one attached hydrogen (secondary N) is 1. The predicted molar refractivity (Wildman–Crippen MR) is 129 cm³/mol. The molecule has 1 aliphatic heterocycles. The van der Waals surface area contributed by atoms with Crippen molar-refractivity contribution in [2.24, 2.45) is 5.92 Å². The number of amides is 1. The Morgan fingerprint density at radius 3 is 2.53 bits per heavy atom. The normalized spacial score (nSPS) is 15.6. The van der Waals surface area contributed by atoms with E-state index in [1.807, 2.05) is 0 Å². The van der Waals surface area contributed by atoms with Gasteiger partial charge in [-0.25, -0.2) is 17.1 Å². The van der Waals surface area contributed by atoms with E-state index in [-0.39, 0.29) is 23.4 Å². The third kappa shape index (κ3) is 7.09. The zero-order valence-electron chi connectivity index (χ0n) is 17.4. The highest BCUT2D eigenvalue weighted by atomic mass is 35.5. The van der Waals surface area contributed by atoms with Crippen LogP contribution in [-0.4, -0.2) is 44.0 Å². The summed E-state index contributed by atoms with van der Waals surface area (Å²) in [6.45, 7) is 1.11. The molecule has 1 N–H and O–H groups in total. The monoisotopic (exact) mass is 518 g/mol. The van der Waals surface area contributed by atoms with Gasteiger partial charge in [-0.2, -0.15) is 11.8 Å². The smallest absolute Gasteiger partial charge is 0.223 e. The molecule has 0 saturated carbocycles. The largest absolute Gasteiger partial charge is 0.355 e. The molecule has 0 bridgehead atoms. The molecular formula is C22H25Cl2FN2O3S2. The lowest BCUT2D eigenvalue weighted by Crippen LogP contribution is -2.43. The molecule has 0 unspecified atom stereocenters. The first-order valence-corrected chi connectivity index (χ1v) is 13.8. The third-order valence-corrected chi connectivity index (χ3v) is 8.91. The lowest BCUT2D eigenvalue weighted by atomic mass is 9.97. The molecule has 1 aliphatic rings. The fourth-order valence-electron chi connectivity index (χ4n) is 3.52. The second kappa shape index (κ2) is 11.7. The number of carbonyl (C=O) groups excluding carboxylic acids is 1. The Balaban J connectivity index is 1.39. The van der Waals surface area contributed by atoms with Crippen molar-refractivity contribution in [3.63, 3.8) is 0 Å². The van der Waals surface area contributed by atoms with Crippen LogP contribution in [0.5, 0.6) is 0 Å². The Morgan fingerprint density at radius 2 is 1.84 bits per heavy atom. The van der Waals surface area contributed by atoms with Gasteiger partial charge in [0.1, 0.15) is 5.82 Å². The quantitative estimate of drug-likeness (QED) is 0.487. The van der Waals surface area contributed by atoms with E-state index >= 15 is 0 Å². The minimum atomic E-state index is -3.50. The highest BCUT2D eigenvalue weighted by molar-refractivity contribution is 7.98. The van der Waals surface area contributed by atoms with Crippen molar-refractivity contribution < 1.29 is 17.6 Å². The number of piperidine rings is 1. The van der Waals surface area contributed by atoms with E-state index in [1.165, 1.54) is 10.4 Å². The molecule has 1 heterocycles. The van der Waals surface area contributed by atoms with Crippen molar-refractivity contribution in [2.75, 3.05) is 25.4 Å². The first-order chi connectivity index (χ1) is 15.3. The van der Waals surface area contributed by atoms with Crippen molar-refractivity contribution in [1.29, 1.82) is 0 Å². The summed E-state index contributed by atoms with van der Waals surface area (Å²) in [7, 11) is -3.50. The first kappa shape index (κ1) is 25.3. The molecule has 32 heavy (non-hydrogen) atoms. The van der Waals surface area contributed by atoms with Gasteiger partial charge in [0.2, 0.25) is 15.9 Å². The van der Waals surface area contributed by atoms with Gasteiger partial charge in [0, 0.05) is 37.1 Å². The minimum Gasteiger partial charge on any atom is -0.355 e. The maximum atomic E-state index is 13.6. The third-order valence-electron chi connectivity index (χ3n) is 5.31. The SMILES string of the molecule is O=C(NCCSCc1ccccc1F)C1CCN(S(=O)(=O)Cc2ccc(Cl)c(Cl)c2)CC1. The van der Waals surface area contributed by atoms with Crippen LogP contribution in [0.1, 0.15) is 24.0 Å². The maximum absolute atomic E-state index is 13.6. The molecule has 1 saturated heterocycles. The van der Waals surface area contributed by atoms with Crippen LogP contribution in [0.25, 0.3) is 0 Å². The number of benzene rings is 2. The van der Waals surface area contributed by atoms with E-state index in [0.717, 1.165) is 0 Å². The van der Waals surface area contributed by atoms with Gasteiger partial charge in [-0.05, 0) is 42.2 Å². The van der Waals surface area contributed by atoms with Gasteiger partial charge < -0.3 is 5.32 Å². The van der Waals surface area contributed by atoms with Crippen molar-refractivity contribution in [3.05, 3.63) is 69.5 Å². The molecule has 3 rings (SSSR count). The highest BCUT2D eigenvalue weighted by Crippen LogP contribution is 2.26. The van der Waals surface area contributed by atoms with Crippen molar-refractivity contribution in [2.45, 2.75) is 24.3 Å². The van der Waals surface area contributed by atoms with Crippen LogP contribution >= 0.6 is 35.0 Å². The number of halogens is 3. The molecule has 0 aliphatic carbocycles. The molecule has 10 heteroatoms. The number of sulfonamides is 1. The zero-order valence-corrected chi connectivity index (χ0v) is 20.5. The summed E-state index contributed by atoms with van der Waals surface area (Å²) in [6, 6.07) is 11.5. The first-order valence-electron chi connectivity index (χ1n) is 10.3. The number of nitrogens with zero attached hydrogens (tertiary/aromatic N) is 1. The van der Waals surface area contributed by atoms with Crippen LogP contribution in [-0.2, 0) is 26.3 Å². The fraction of sp³-hybridized carbons (Fsp3) is 0.409. The van der Waals surface area contributed by atoms with Crippen LogP contribution in [0.3, 0.4) is 0 Å². The summed E-state index contributed by atoms with van der Waals surface area (Å²) in [5, 5.41) is 3.61. The molecule has 1 amide bonds. The van der Waals surface area contributed by atoms with Gasteiger partial charge in [-0.3, -0.25) is 4.79 Å². The number of rotatable bonds is 9. The summed E-state index contributed by atoms with van der Waals surface area (Å²) in [5.41, 5.74) is 1.23. The zero-order chi connectivity index (χ0) is 23.1. The Bertz CT molecular complexity index is 1050. The Hall–Kier alpha value is -1.32. The molecule has 5 nitrogen and oxygen atoms in total. The summed E-state index contributed by atoms with van der Waals surface area (Å²) >= 11 is 13.4. The molecule has 174 valence electrons. The van der Waals surface area contributed by atoms with Crippen molar-refractivity contribution >= 4 is 50.9 Å². The van der Waals surface area contributed by atoms with E-state index in [1.54, 1.807) is 48.2 Å². The molecule has 2 aromatic rings. The Morgan fingerprint density at radius 1 is 1.12 bits per heavy atom. The average Bonchev–Trinajstić information content (AvgIpc) is 2.77. The summed E-state index contributed by atoms with van der Waals surface area (Å²) < 4.78 is 40.5. The highest BCUT2D eigenvalue weighted by Gasteiger charge is 2.31. The maximum Gasteiger partial charge on any atom is 0.223 e. The van der Waals surface area contributed by atoms with Crippen LogP contribution < -0.4 is 5.32 Å². The molecular weight excluding hydrogens is 494 g/mol. The topological polar surface area (TPSA) is 66.5 Å². The minimum absolute atomic E-state index is 0.0574. The molecule has 2 aromatic carbocycles. The molecule has 0 spiro atoms. The van der Waals surface area contributed by atoms with Gasteiger partial charge >= 0.3 is 0 Å². The van der Waals surface area contributed by atoms with Crippen LogP contribution in [0.4, 0.5) is 4.39 Å². The van der Waals surface area contributed by atoms with E-state index in [9.17, 15) is 17.6 Å². The number of carbonyl (C=O) groups is 1. The number of hydrogen-bond acceptors (Lipinski definition) is 4. The van der Waals surface area contributed by atoms with Gasteiger partial charge in [0.15, 0.2) is 0 Å². The lowest BCUT2D eigenvalue weighted by molar-refractivity contribution is -0.125. The second-order valence-electron chi connectivity index (χ2n) is 7.61. The van der Waals surface area contributed by atoms with E-state index in [2.05, 4.69) is 5.32 Å². The van der Waals surface area contributed by atoms with Crippen molar-refractivity contribution in [3.8, 4) is 0 Å². The number of thioether (sulfide) groups is 1. The van der Waals surface area contributed by atoms with Crippen LogP contribution in [0.15, 0.2) is 42.5 Å². The van der Waals surface area contributed by atoms with Gasteiger partial charge in [0.05, 0.1) is 15.8 Å². The molecule has 0 atom stereocenters. The second-order valence-corrected chi connectivity index (χ2v) is 11.5. The van der Waals surface area contributed by atoms with Gasteiger partial charge in [-0.15, -0.1) is 0 Å². The van der Waals surface area contributed by atoms with Gasteiger partial charge in [0.25, 0.3) is 0 Å². The molecule has 1 fully saturated rings. The van der Waals surface area contributed by atoms with Crippen molar-refractivity contribution in [1.82, 2.24) is 9.62 Å². The van der Waals surface area contributed by atoms with E-state index in [4.69, 9.17) is 23.2 Å². The lowest BCUT2D eigenvalue weighted by Gasteiger charge is -2.30. The number of hydrogen-bond donors (Lipinski definition) is 1. The predicted octanol–water partition coefficient (Wildman–Crippen LogP) is 4.72. The summed E-state index contributed by atoms with van der Waals surface area (Å²) in [5.74, 6) is 0.597. The Labute approximate surface area is 202 Å². The van der Waals surface area contributed by atoms with E-state index in [0.29, 0.717) is 65.2 Å². The fourth-order valence-corrected chi connectivity index (χ4v) is 6.23. The summed E-state index contributed by atoms with van der Waals surface area (Å²) in [4.78, 5) is 12.4. The van der Waals surface area contributed by atoms with Crippen LogP contribution in [0, 0.1) is 11.7 Å². The average molecular weight is 519 g/mol. The van der Waals surface area contributed by atoms with E-state index < -0.39 is 10.0 Å². The molecule has 0 aromatic heterocycles.